The molecule has 0 atom stereocenters. The number of anilines is 1. The van der Waals surface area contributed by atoms with Crippen molar-refractivity contribution < 1.29 is 10.0 Å². The number of nitrogen functional groups attached to an aromatic ring is 1. The van der Waals surface area contributed by atoms with Gasteiger partial charge in [0.05, 0.1) is 17.6 Å². The summed E-state index contributed by atoms with van der Waals surface area (Å²) in [5.41, 5.74) is 8.74. The van der Waals surface area contributed by atoms with E-state index in [0.717, 1.165) is 52.4 Å². The Morgan fingerprint density at radius 2 is 2.09 bits per heavy atom. The molecule has 3 N–H and O–H groups in total. The van der Waals surface area contributed by atoms with Crippen LogP contribution < -0.4 is 5.73 Å². The molecule has 0 aliphatic rings. The van der Waals surface area contributed by atoms with E-state index in [9.17, 15) is 0 Å². The van der Waals surface area contributed by atoms with Crippen molar-refractivity contribution in [1.82, 2.24) is 19.8 Å². The Morgan fingerprint density at radius 1 is 1.30 bits per heavy atom. The molecule has 0 saturated heterocycles. The first-order chi connectivity index (χ1) is 11.1. The quantitative estimate of drug-likeness (QED) is 0.536. The summed E-state index contributed by atoms with van der Waals surface area (Å²) in [4.78, 5) is 14.2. The van der Waals surface area contributed by atoms with Gasteiger partial charge in [0.25, 0.3) is 0 Å². The summed E-state index contributed by atoms with van der Waals surface area (Å²) in [6.07, 6.45) is 1.56. The Bertz CT molecular complexity index is 828. The second kappa shape index (κ2) is 6.49. The van der Waals surface area contributed by atoms with Crippen LogP contribution in [0.1, 0.15) is 19.2 Å². The summed E-state index contributed by atoms with van der Waals surface area (Å²) in [7, 11) is 1.45. The number of benzene rings is 1. The maximum absolute atomic E-state index is 9.03. The Morgan fingerprint density at radius 3 is 2.83 bits per heavy atom. The largest absolute Gasteiger partial charge is 0.382 e. The molecule has 3 rings (SSSR count). The van der Waals surface area contributed by atoms with E-state index >= 15 is 0 Å². The number of pyridine rings is 1. The van der Waals surface area contributed by atoms with E-state index in [1.807, 2.05) is 24.3 Å². The predicted octanol–water partition coefficient (Wildman–Crippen LogP) is 2.37. The molecule has 2 aromatic heterocycles. The van der Waals surface area contributed by atoms with Crippen LogP contribution in [0.5, 0.6) is 0 Å². The summed E-state index contributed by atoms with van der Waals surface area (Å²) in [5, 5.41) is 10.8. The molecule has 0 spiro atoms. The molecule has 23 heavy (non-hydrogen) atoms. The summed E-state index contributed by atoms with van der Waals surface area (Å²) in [6.45, 7) is 3.23. The van der Waals surface area contributed by atoms with Gasteiger partial charge < -0.3 is 10.3 Å². The van der Waals surface area contributed by atoms with Crippen molar-refractivity contribution in [3.05, 3.63) is 30.1 Å². The number of hydroxylamine groups is 2. The fourth-order valence-electron chi connectivity index (χ4n) is 2.83. The van der Waals surface area contributed by atoms with E-state index in [2.05, 4.69) is 21.5 Å². The molecule has 0 aliphatic heterocycles. The van der Waals surface area contributed by atoms with Gasteiger partial charge in [-0.3, -0.25) is 10.0 Å². The highest BCUT2D eigenvalue weighted by Crippen LogP contribution is 2.29. The molecule has 7 heteroatoms. The van der Waals surface area contributed by atoms with Gasteiger partial charge in [-0.25, -0.2) is 9.97 Å². The molecule has 122 valence electrons. The van der Waals surface area contributed by atoms with Crippen molar-refractivity contribution in [3.63, 3.8) is 0 Å². The summed E-state index contributed by atoms with van der Waals surface area (Å²) >= 11 is 0. The summed E-state index contributed by atoms with van der Waals surface area (Å²) in [5.74, 6) is 1.43. The Balaban J connectivity index is 2.07. The molecule has 0 aliphatic carbocycles. The zero-order valence-electron chi connectivity index (χ0n) is 13.4. The number of para-hydroxylation sites is 1. The average Bonchev–Trinajstić information content (AvgIpc) is 2.91. The SMILES string of the molecule is CCc1nc2c(N)nc3ccccc3c2n1CCCON(C)O. The number of nitrogens with zero attached hydrogens (tertiary/aromatic N) is 4. The average molecular weight is 315 g/mol. The van der Waals surface area contributed by atoms with Crippen LogP contribution in [0.3, 0.4) is 0 Å². The van der Waals surface area contributed by atoms with Crippen LogP contribution >= 0.6 is 0 Å². The van der Waals surface area contributed by atoms with Crippen LogP contribution in [0.4, 0.5) is 5.82 Å². The van der Waals surface area contributed by atoms with Crippen molar-refractivity contribution in [2.24, 2.45) is 0 Å². The number of fused-ring (bicyclic) bond motifs is 3. The minimum absolute atomic E-state index is 0.425. The maximum Gasteiger partial charge on any atom is 0.152 e. The Hall–Kier alpha value is -2.22. The van der Waals surface area contributed by atoms with Gasteiger partial charge >= 0.3 is 0 Å². The van der Waals surface area contributed by atoms with Gasteiger partial charge in [0.15, 0.2) is 5.82 Å². The van der Waals surface area contributed by atoms with Gasteiger partial charge in [-0.2, -0.15) is 0 Å². The van der Waals surface area contributed by atoms with Crippen LogP contribution in [-0.2, 0) is 17.8 Å². The van der Waals surface area contributed by atoms with Crippen molar-refractivity contribution >= 4 is 27.8 Å². The third-order valence-corrected chi connectivity index (χ3v) is 3.81. The van der Waals surface area contributed by atoms with Crippen LogP contribution in [0, 0.1) is 0 Å². The molecule has 0 unspecified atom stereocenters. The molecule has 0 saturated carbocycles. The lowest BCUT2D eigenvalue weighted by Crippen LogP contribution is -2.15. The van der Waals surface area contributed by atoms with E-state index in [-0.39, 0.29) is 0 Å². The van der Waals surface area contributed by atoms with Crippen LogP contribution in [0.25, 0.3) is 21.9 Å². The smallest absolute Gasteiger partial charge is 0.152 e. The highest BCUT2D eigenvalue weighted by molar-refractivity contribution is 6.06. The minimum atomic E-state index is 0.425. The van der Waals surface area contributed by atoms with Gasteiger partial charge in [0.2, 0.25) is 0 Å². The van der Waals surface area contributed by atoms with Gasteiger partial charge in [-0.15, -0.1) is 0 Å². The van der Waals surface area contributed by atoms with Crippen molar-refractivity contribution in [2.75, 3.05) is 19.4 Å². The highest BCUT2D eigenvalue weighted by atomic mass is 16.9. The third kappa shape index (κ3) is 2.98. The van der Waals surface area contributed by atoms with Crippen LogP contribution in [0.15, 0.2) is 24.3 Å². The lowest BCUT2D eigenvalue weighted by Gasteiger charge is -2.11. The third-order valence-electron chi connectivity index (χ3n) is 3.81. The van der Waals surface area contributed by atoms with E-state index in [1.54, 1.807) is 0 Å². The molecule has 0 fully saturated rings. The number of aromatic nitrogens is 3. The van der Waals surface area contributed by atoms with Crippen LogP contribution in [-0.4, -0.2) is 38.6 Å². The standard InChI is InChI=1S/C16H21N5O2/c1-3-13-19-14-15(21(13)9-6-10-23-20(2)22)11-7-4-5-8-12(11)18-16(14)17/h4-5,7-8,22H,3,6,9-10H2,1-2H3,(H2,17,18). The molecule has 7 nitrogen and oxygen atoms in total. The summed E-state index contributed by atoms with van der Waals surface area (Å²) < 4.78 is 2.18. The number of nitrogens with two attached hydrogens (primary N) is 1. The fraction of sp³-hybridized carbons (Fsp3) is 0.375. The second-order valence-electron chi connectivity index (χ2n) is 5.40. The Labute approximate surface area is 134 Å². The number of hydrogen-bond acceptors (Lipinski definition) is 6. The Kier molecular flexibility index (Phi) is 4.42. The molecule has 1 aromatic carbocycles. The number of aryl methyl sites for hydroxylation is 2. The first kappa shape index (κ1) is 15.7. The van der Waals surface area contributed by atoms with E-state index in [0.29, 0.717) is 12.4 Å². The van der Waals surface area contributed by atoms with E-state index in [4.69, 9.17) is 15.8 Å². The zero-order chi connectivity index (χ0) is 16.4. The first-order valence-corrected chi connectivity index (χ1v) is 7.70. The fourth-order valence-corrected chi connectivity index (χ4v) is 2.83. The molecule has 0 amide bonds. The number of imidazole rings is 1. The molecular weight excluding hydrogens is 294 g/mol. The molecule has 0 radical (unpaired) electrons. The summed E-state index contributed by atoms with van der Waals surface area (Å²) in [6, 6.07) is 7.94. The predicted molar refractivity (Wildman–Crippen MR) is 88.9 cm³/mol. The van der Waals surface area contributed by atoms with Crippen LogP contribution in [0.2, 0.25) is 0 Å². The molecular formula is C16H21N5O2. The van der Waals surface area contributed by atoms with E-state index in [1.165, 1.54) is 7.05 Å². The lowest BCUT2D eigenvalue weighted by atomic mass is 10.2. The van der Waals surface area contributed by atoms with Crippen molar-refractivity contribution in [2.45, 2.75) is 26.3 Å². The van der Waals surface area contributed by atoms with E-state index < -0.39 is 0 Å². The normalized spacial score (nSPS) is 11.8. The second-order valence-corrected chi connectivity index (χ2v) is 5.40. The first-order valence-electron chi connectivity index (χ1n) is 7.70. The molecule has 0 bridgehead atoms. The van der Waals surface area contributed by atoms with Gasteiger partial charge in [-0.05, 0) is 12.5 Å². The topological polar surface area (TPSA) is 89.4 Å². The van der Waals surface area contributed by atoms with Gasteiger partial charge in [-0.1, -0.05) is 30.3 Å². The van der Waals surface area contributed by atoms with Gasteiger partial charge in [0.1, 0.15) is 11.3 Å². The molecule has 2 heterocycles. The molecule has 3 aromatic rings. The maximum atomic E-state index is 9.03. The van der Waals surface area contributed by atoms with Crippen molar-refractivity contribution in [3.8, 4) is 0 Å². The number of hydrogen-bond donors (Lipinski definition) is 2. The van der Waals surface area contributed by atoms with Crippen molar-refractivity contribution in [1.29, 1.82) is 0 Å². The zero-order valence-corrected chi connectivity index (χ0v) is 13.4. The highest BCUT2D eigenvalue weighted by Gasteiger charge is 2.16. The van der Waals surface area contributed by atoms with Gasteiger partial charge in [0, 0.05) is 25.4 Å². The lowest BCUT2D eigenvalue weighted by molar-refractivity contribution is -0.323. The number of rotatable bonds is 6. The minimum Gasteiger partial charge on any atom is -0.382 e. The monoisotopic (exact) mass is 315 g/mol.